The van der Waals surface area contributed by atoms with Crippen molar-refractivity contribution in [2.75, 3.05) is 36.2 Å². The number of carbonyl (C=O) groups is 8. The summed E-state index contributed by atoms with van der Waals surface area (Å²) in [5.74, 6) is -5.51. The molecule has 0 spiro atoms. The highest BCUT2D eigenvalue weighted by Crippen LogP contribution is 2.24. The lowest BCUT2D eigenvalue weighted by atomic mass is 10.00. The normalized spacial score (nSPS) is 23.9. The number of primary amides is 1. The SMILES string of the molecule is CCNC(=O)[C@@H](CCCN=C(N)N)NC(=O)[C@@H]1CSCN1C(=O)[C@@H]1CSCCCC(=O)N[C@@H](Cc2ccc(Cl)cc2)C(=O)N[C@@H](Cc2cccs2)C(O)N[C@@H](C(C)C)C(=O)N[C@@H](CC(N)=O)C(=O)N1. The third-order valence-corrected chi connectivity index (χ3v) is 14.4. The van der Waals surface area contributed by atoms with Crippen LogP contribution in [0, 0.1) is 5.92 Å². The zero-order valence-corrected chi connectivity index (χ0v) is 42.1. The lowest BCUT2D eigenvalue weighted by Gasteiger charge is -2.32. The van der Waals surface area contributed by atoms with Crippen LogP contribution in [0.15, 0.2) is 46.8 Å². The van der Waals surface area contributed by atoms with Gasteiger partial charge in [0, 0.05) is 53.8 Å². The van der Waals surface area contributed by atoms with Gasteiger partial charge in [0.2, 0.25) is 47.3 Å². The molecule has 2 saturated heterocycles. The van der Waals surface area contributed by atoms with Crippen molar-refractivity contribution in [1.82, 2.24) is 42.1 Å². The van der Waals surface area contributed by atoms with Crippen LogP contribution in [0.4, 0.5) is 0 Å². The average Bonchev–Trinajstić information content (AvgIpc) is 4.01. The van der Waals surface area contributed by atoms with Crippen LogP contribution >= 0.6 is 46.5 Å². The second-order valence-electron chi connectivity index (χ2n) is 16.9. The topological polar surface area (TPSA) is 335 Å². The predicted octanol–water partition coefficient (Wildman–Crippen LogP) is -0.963. The first kappa shape index (κ1) is 56.4. The van der Waals surface area contributed by atoms with Gasteiger partial charge in [-0.3, -0.25) is 48.7 Å². The molecular formula is C44H65ClN12O9S3. The Labute approximate surface area is 419 Å². The number of likely N-dealkylation sites (N-methyl/N-ethyl adjacent to an activating group) is 1. The number of guanidine groups is 1. The Morgan fingerprint density at radius 1 is 0.928 bits per heavy atom. The molecule has 25 heteroatoms. The van der Waals surface area contributed by atoms with Crippen molar-refractivity contribution in [3.8, 4) is 0 Å². The summed E-state index contributed by atoms with van der Waals surface area (Å²) in [7, 11) is 0. The summed E-state index contributed by atoms with van der Waals surface area (Å²) in [6.07, 6.45) is -1.16. The number of carbonyl (C=O) groups excluding carboxylic acids is 8. The Hall–Kier alpha value is -5.14. The summed E-state index contributed by atoms with van der Waals surface area (Å²) in [5, 5.41) is 33.5. The van der Waals surface area contributed by atoms with Gasteiger partial charge in [-0.05, 0) is 67.0 Å². The van der Waals surface area contributed by atoms with Gasteiger partial charge >= 0.3 is 0 Å². The van der Waals surface area contributed by atoms with E-state index in [9.17, 15) is 43.5 Å². The maximum absolute atomic E-state index is 14.5. The standard InChI is InChI=1S/C44H65ClN12O9S3/c1-4-49-37(60)28(9-5-15-50-44(47)48)52-41(64)33-22-68-23-57(33)43(66)32-21-67-16-7-10-35(59)51-29(18-25-11-13-26(45)14-12-25)38(61)53-30(19-27-8-6-17-69-27)40(63)56-36(24(2)3)42(65)54-31(20-34(46)58)39(62)55-32/h6,8,11-14,17,24,28-33,36,40,56,63H,4-5,7,9-10,15-16,18-23H2,1-3H3,(H2,46,58)(H,49,60)(H,51,59)(H,52,64)(H,53,61)(H,54,65)(H,55,62)(H4,47,48,50)/t28-,29+,30+,31+,32+,33+,36+,40?/m1/s1. The fraction of sp³-hybridized carbons (Fsp3) is 0.568. The maximum atomic E-state index is 14.5. The average molecular weight is 1040 g/mol. The van der Waals surface area contributed by atoms with Crippen molar-refractivity contribution in [2.45, 2.75) is 114 Å². The molecule has 1 aromatic heterocycles. The van der Waals surface area contributed by atoms with Gasteiger partial charge in [-0.25, -0.2) is 0 Å². The van der Waals surface area contributed by atoms with Crippen LogP contribution < -0.4 is 54.4 Å². The number of hydrogen-bond acceptors (Lipinski definition) is 14. The molecule has 0 aliphatic carbocycles. The number of aliphatic hydroxyl groups excluding tert-OH is 1. The first-order valence-corrected chi connectivity index (χ1v) is 26.2. The summed E-state index contributed by atoms with van der Waals surface area (Å²) in [6.45, 7) is 5.63. The van der Waals surface area contributed by atoms with E-state index in [-0.39, 0.29) is 62.0 Å². The van der Waals surface area contributed by atoms with E-state index in [0.29, 0.717) is 29.3 Å². The summed E-state index contributed by atoms with van der Waals surface area (Å²) < 4.78 is 0. The molecule has 2 aromatic rings. The van der Waals surface area contributed by atoms with E-state index in [0.717, 1.165) is 4.88 Å². The van der Waals surface area contributed by atoms with E-state index in [4.69, 9.17) is 28.8 Å². The number of nitrogens with one attached hydrogen (secondary N) is 7. The molecule has 380 valence electrons. The van der Waals surface area contributed by atoms with E-state index in [1.807, 2.05) is 17.5 Å². The molecule has 0 saturated carbocycles. The van der Waals surface area contributed by atoms with Crippen molar-refractivity contribution in [1.29, 1.82) is 0 Å². The molecule has 1 unspecified atom stereocenters. The van der Waals surface area contributed by atoms with Crippen LogP contribution in [0.3, 0.4) is 0 Å². The zero-order valence-electron chi connectivity index (χ0n) is 38.9. The van der Waals surface area contributed by atoms with E-state index < -0.39 is 108 Å². The highest BCUT2D eigenvalue weighted by molar-refractivity contribution is 7.99. The fourth-order valence-corrected chi connectivity index (χ4v) is 10.5. The summed E-state index contributed by atoms with van der Waals surface area (Å²) in [6, 6.07) is 2.22. The van der Waals surface area contributed by atoms with Crippen LogP contribution in [-0.2, 0) is 51.2 Å². The van der Waals surface area contributed by atoms with Crippen molar-refractivity contribution < 1.29 is 43.5 Å². The van der Waals surface area contributed by atoms with E-state index in [1.54, 1.807) is 45.0 Å². The van der Waals surface area contributed by atoms with Crippen molar-refractivity contribution in [3.63, 3.8) is 0 Å². The molecule has 8 amide bonds. The molecule has 4 rings (SSSR count). The van der Waals surface area contributed by atoms with Gasteiger partial charge in [-0.1, -0.05) is 43.6 Å². The first-order valence-electron chi connectivity index (χ1n) is 22.7. The second kappa shape index (κ2) is 28.5. The number of thioether (sulfide) groups is 2. The number of halogens is 1. The minimum absolute atomic E-state index is 0.0162. The van der Waals surface area contributed by atoms with Crippen LogP contribution in [0.1, 0.15) is 63.3 Å². The number of rotatable bonds is 16. The Morgan fingerprint density at radius 3 is 2.30 bits per heavy atom. The Morgan fingerprint density at radius 2 is 1.65 bits per heavy atom. The Bertz CT molecular complexity index is 2100. The number of thiophene rings is 1. The van der Waals surface area contributed by atoms with Gasteiger partial charge in [-0.15, -0.1) is 23.1 Å². The summed E-state index contributed by atoms with van der Waals surface area (Å²) >= 11 is 10.0. The van der Waals surface area contributed by atoms with Crippen LogP contribution in [0.5, 0.6) is 0 Å². The van der Waals surface area contributed by atoms with Crippen molar-refractivity contribution >= 4 is 99.7 Å². The van der Waals surface area contributed by atoms with Gasteiger partial charge in [-0.2, -0.15) is 11.8 Å². The molecule has 2 aliphatic heterocycles. The van der Waals surface area contributed by atoms with Crippen molar-refractivity contribution in [2.24, 2.45) is 28.1 Å². The molecule has 14 N–H and O–H groups in total. The maximum Gasteiger partial charge on any atom is 0.247 e. The Balaban J connectivity index is 1.65. The van der Waals surface area contributed by atoms with Gasteiger partial charge in [0.25, 0.3) is 0 Å². The molecule has 21 nitrogen and oxygen atoms in total. The van der Waals surface area contributed by atoms with Crippen molar-refractivity contribution in [3.05, 3.63) is 57.2 Å². The largest absolute Gasteiger partial charge is 0.376 e. The number of nitrogens with two attached hydrogens (primary N) is 3. The van der Waals surface area contributed by atoms with Crippen LogP contribution in [0.2, 0.25) is 5.02 Å². The highest BCUT2D eigenvalue weighted by Gasteiger charge is 2.41. The number of benzene rings is 1. The van der Waals surface area contributed by atoms with Gasteiger partial charge in [0.05, 0.1) is 24.4 Å². The zero-order chi connectivity index (χ0) is 50.6. The van der Waals surface area contributed by atoms with Gasteiger partial charge in [0.1, 0.15) is 36.4 Å². The highest BCUT2D eigenvalue weighted by atomic mass is 35.5. The third-order valence-electron chi connectivity index (χ3n) is 11.0. The minimum Gasteiger partial charge on any atom is -0.376 e. The quantitative estimate of drug-likeness (QED) is 0.0548. The first-order chi connectivity index (χ1) is 32.9. The molecule has 0 bridgehead atoms. The van der Waals surface area contributed by atoms with E-state index in [1.165, 1.54) is 39.8 Å². The van der Waals surface area contributed by atoms with Crippen LogP contribution in [0.25, 0.3) is 0 Å². The number of amides is 8. The third kappa shape index (κ3) is 18.6. The lowest BCUT2D eigenvalue weighted by molar-refractivity contribution is -0.141. The fourth-order valence-electron chi connectivity index (χ4n) is 7.44. The molecule has 1 aromatic carbocycles. The molecule has 3 heterocycles. The Kier molecular flexibility index (Phi) is 23.3. The monoisotopic (exact) mass is 1040 g/mol. The molecule has 2 fully saturated rings. The second-order valence-corrected chi connectivity index (χ2v) is 20.5. The smallest absolute Gasteiger partial charge is 0.247 e. The molecule has 69 heavy (non-hydrogen) atoms. The molecule has 2 aliphatic rings. The lowest BCUT2D eigenvalue weighted by Crippen LogP contribution is -2.62. The molecular weight excluding hydrogens is 972 g/mol. The molecule has 0 radical (unpaired) electrons. The van der Waals surface area contributed by atoms with E-state index >= 15 is 0 Å². The number of aliphatic imine (C=N–C) groups is 1. The number of hydrogen-bond donors (Lipinski definition) is 11. The minimum atomic E-state index is -1.58. The summed E-state index contributed by atoms with van der Waals surface area (Å²) in [4.78, 5) is 116. The molecule has 8 atom stereocenters. The summed E-state index contributed by atoms with van der Waals surface area (Å²) in [5.41, 5.74) is 17.2. The van der Waals surface area contributed by atoms with Crippen LogP contribution in [-0.4, -0.2) is 148 Å². The van der Waals surface area contributed by atoms with Gasteiger partial charge < -0.3 is 59.1 Å². The number of nitrogens with zero attached hydrogens (tertiary/aromatic N) is 2. The van der Waals surface area contributed by atoms with E-state index in [2.05, 4.69) is 42.2 Å². The predicted molar refractivity (Wildman–Crippen MR) is 268 cm³/mol. The number of aliphatic hydroxyl groups is 1. The van der Waals surface area contributed by atoms with Gasteiger partial charge in [0.15, 0.2) is 5.96 Å².